The molecule has 56 heavy (non-hydrogen) atoms. The van der Waals surface area contributed by atoms with Crippen molar-refractivity contribution in [3.8, 4) is 51.4 Å². The summed E-state index contributed by atoms with van der Waals surface area (Å²) >= 11 is 3.79. The fraction of sp³-hybridized carbons (Fsp3) is 0.273. The Hall–Kier alpha value is -5.88. The van der Waals surface area contributed by atoms with E-state index in [9.17, 15) is 24.9 Å². The summed E-state index contributed by atoms with van der Waals surface area (Å²) in [4.78, 5) is 35.0. The lowest BCUT2D eigenvalue weighted by atomic mass is 9.96. The number of fused-ring (bicyclic) bond motifs is 2. The molecule has 6 aromatic rings. The van der Waals surface area contributed by atoms with Crippen molar-refractivity contribution in [2.45, 2.75) is 65.9 Å². The van der Waals surface area contributed by atoms with Crippen molar-refractivity contribution in [2.24, 2.45) is 0 Å². The van der Waals surface area contributed by atoms with Crippen LogP contribution in [0.4, 0.5) is 4.79 Å². The quantitative estimate of drug-likeness (QED) is 0.0847. The van der Waals surface area contributed by atoms with Crippen LogP contribution >= 0.6 is 15.9 Å². The van der Waals surface area contributed by atoms with Crippen molar-refractivity contribution >= 4 is 49.5 Å². The summed E-state index contributed by atoms with van der Waals surface area (Å²) in [5.41, 5.74) is 2.63. The molecule has 0 fully saturated rings. The minimum absolute atomic E-state index is 0.0165. The van der Waals surface area contributed by atoms with Gasteiger partial charge >= 0.3 is 6.09 Å². The number of pyridine rings is 2. The Kier molecular flexibility index (Phi) is 11.4. The number of nitrogens with one attached hydrogen (secondary N) is 2. The first-order valence-electron chi connectivity index (χ1n) is 18.3. The number of benzene rings is 4. The van der Waals surface area contributed by atoms with E-state index in [0.29, 0.717) is 60.2 Å². The Morgan fingerprint density at radius 1 is 0.768 bits per heavy atom. The van der Waals surface area contributed by atoms with Gasteiger partial charge in [-0.3, -0.25) is 9.78 Å². The molecule has 6 rings (SSSR count). The maximum atomic E-state index is 13.3. The van der Waals surface area contributed by atoms with E-state index in [4.69, 9.17) is 19.4 Å². The zero-order valence-corrected chi connectivity index (χ0v) is 33.9. The first-order valence-corrected chi connectivity index (χ1v) is 19.1. The Bertz CT molecular complexity index is 2450. The van der Waals surface area contributed by atoms with Crippen LogP contribution in [0.15, 0.2) is 83.5 Å². The Labute approximate surface area is 333 Å². The van der Waals surface area contributed by atoms with Crippen molar-refractivity contribution in [1.82, 2.24) is 20.6 Å². The lowest BCUT2D eigenvalue weighted by Gasteiger charge is -2.21. The molecule has 11 nitrogen and oxygen atoms in total. The highest BCUT2D eigenvalue weighted by Gasteiger charge is 2.25. The lowest BCUT2D eigenvalue weighted by Crippen LogP contribution is -2.37. The number of halogens is 1. The monoisotopic (exact) mass is 820 g/mol. The molecule has 0 radical (unpaired) electrons. The largest absolute Gasteiger partial charge is 0.507 e. The highest BCUT2D eigenvalue weighted by atomic mass is 79.9. The maximum Gasteiger partial charge on any atom is 0.407 e. The highest BCUT2D eigenvalue weighted by Crippen LogP contribution is 2.48. The van der Waals surface area contributed by atoms with E-state index in [1.165, 1.54) is 12.1 Å². The maximum absolute atomic E-state index is 13.3. The van der Waals surface area contributed by atoms with Crippen LogP contribution in [0.5, 0.6) is 28.9 Å². The molecule has 0 bridgehead atoms. The smallest absolute Gasteiger partial charge is 0.407 e. The average molecular weight is 822 g/mol. The number of carbonyl (C=O) groups excluding carboxylic acids is 2. The third-order valence-electron chi connectivity index (χ3n) is 9.07. The van der Waals surface area contributed by atoms with Gasteiger partial charge in [-0.1, -0.05) is 52.0 Å². The van der Waals surface area contributed by atoms with E-state index in [2.05, 4.69) is 26.6 Å². The van der Waals surface area contributed by atoms with Crippen molar-refractivity contribution in [3.63, 3.8) is 0 Å². The number of aromatic nitrogens is 2. The zero-order chi connectivity index (χ0) is 40.5. The van der Waals surface area contributed by atoms with E-state index in [0.717, 1.165) is 10.8 Å². The number of carbonyl (C=O) groups is 2. The van der Waals surface area contributed by atoms with E-state index >= 15 is 0 Å². The van der Waals surface area contributed by atoms with Gasteiger partial charge in [-0.15, -0.1) is 0 Å². The van der Waals surface area contributed by atoms with Gasteiger partial charge in [0.2, 0.25) is 5.88 Å². The zero-order valence-electron chi connectivity index (χ0n) is 32.3. The molecule has 0 aliphatic rings. The summed E-state index contributed by atoms with van der Waals surface area (Å²) in [7, 11) is 0. The number of alkyl carbamates (subject to hydrolysis) is 1. The van der Waals surface area contributed by atoms with Gasteiger partial charge in [0.15, 0.2) is 5.75 Å². The fourth-order valence-electron chi connectivity index (χ4n) is 6.52. The fourth-order valence-corrected chi connectivity index (χ4v) is 7.13. The summed E-state index contributed by atoms with van der Waals surface area (Å²) in [5, 5.41) is 41.9. The minimum atomic E-state index is -0.646. The van der Waals surface area contributed by atoms with E-state index < -0.39 is 11.7 Å². The third-order valence-corrected chi connectivity index (χ3v) is 9.85. The second-order valence-electron chi connectivity index (χ2n) is 15.2. The van der Waals surface area contributed by atoms with Gasteiger partial charge < -0.3 is 35.4 Å². The van der Waals surface area contributed by atoms with Crippen LogP contribution in [0.3, 0.4) is 0 Å². The molecule has 0 saturated carbocycles. The van der Waals surface area contributed by atoms with Crippen LogP contribution < -0.4 is 15.4 Å². The van der Waals surface area contributed by atoms with Crippen molar-refractivity contribution in [2.75, 3.05) is 13.1 Å². The number of nitrogens with zero attached hydrogens (tertiary/aromatic N) is 2. The molecule has 2 aromatic heterocycles. The van der Waals surface area contributed by atoms with E-state index in [1.807, 2.05) is 58.0 Å². The van der Waals surface area contributed by atoms with Crippen LogP contribution in [0.1, 0.15) is 81.8 Å². The van der Waals surface area contributed by atoms with Gasteiger partial charge in [-0.25, -0.2) is 9.78 Å². The van der Waals surface area contributed by atoms with E-state index in [1.54, 1.807) is 57.3 Å². The van der Waals surface area contributed by atoms with Gasteiger partial charge in [-0.2, -0.15) is 0 Å². The van der Waals surface area contributed by atoms with Crippen LogP contribution in [0, 0.1) is 0 Å². The Morgan fingerprint density at radius 3 is 2.05 bits per heavy atom. The molecule has 4 aromatic carbocycles. The van der Waals surface area contributed by atoms with Crippen molar-refractivity contribution in [3.05, 3.63) is 100 Å². The first-order chi connectivity index (χ1) is 26.5. The number of ether oxygens (including phenoxy) is 2. The average Bonchev–Trinajstić information content (AvgIpc) is 3.12. The third kappa shape index (κ3) is 8.65. The molecule has 2 heterocycles. The molecule has 0 aliphatic carbocycles. The summed E-state index contributed by atoms with van der Waals surface area (Å²) in [6, 6.07) is 21.4. The second-order valence-corrected chi connectivity index (χ2v) is 16.0. The summed E-state index contributed by atoms with van der Waals surface area (Å²) in [6.45, 7) is 13.3. The van der Waals surface area contributed by atoms with Crippen molar-refractivity contribution in [1.29, 1.82) is 0 Å². The SMILES string of the molecule is CC(C)c1c(O)cc(-c2cc3cc(C(=O)NCCNC(=O)OC(C)(C)C)ccc3c(Oc3c(Br)c(-c4cc5ccccc5cn4)cc(O)c3C(C)C)n2)cc1O. The number of phenolic OH excluding ortho intramolecular Hbond substituents is 3. The molecule has 5 N–H and O–H groups in total. The van der Waals surface area contributed by atoms with Gasteiger partial charge in [0.25, 0.3) is 5.91 Å². The molecule has 290 valence electrons. The second kappa shape index (κ2) is 16.1. The molecule has 12 heteroatoms. The summed E-state index contributed by atoms with van der Waals surface area (Å²) < 4.78 is 12.6. The lowest BCUT2D eigenvalue weighted by molar-refractivity contribution is 0.0526. The van der Waals surface area contributed by atoms with Crippen LogP contribution in [0.2, 0.25) is 0 Å². The first kappa shape index (κ1) is 39.8. The van der Waals surface area contributed by atoms with Gasteiger partial charge in [0.1, 0.15) is 22.8 Å². The molecule has 0 unspecified atom stereocenters. The normalized spacial score (nSPS) is 11.7. The molecular weight excluding hydrogens is 776 g/mol. The number of phenols is 3. The standard InChI is InChI=1S/C44H45BrN4O7/c1-23(2)37-34(50)19-29(20-35(37)51)32-18-28-16-26(41(53)46-14-15-47-43(54)56-44(5,6)7)12-13-30(28)42(49-32)55-40-38(24(3)4)36(52)21-31(39(40)45)33-17-25-10-8-9-11-27(25)22-48-33/h8-13,16-24,50-52H,14-15H2,1-7H3,(H,46,53)(H,47,54). The predicted octanol–water partition coefficient (Wildman–Crippen LogP) is 10.3. The number of aromatic hydroxyl groups is 3. The number of hydrogen-bond donors (Lipinski definition) is 5. The topological polar surface area (TPSA) is 163 Å². The molecule has 0 atom stereocenters. The van der Waals surface area contributed by atoms with Crippen LogP contribution in [-0.2, 0) is 4.74 Å². The van der Waals surface area contributed by atoms with Gasteiger partial charge in [-0.05, 0) is 108 Å². The van der Waals surface area contributed by atoms with Crippen LogP contribution in [-0.4, -0.2) is 56.0 Å². The molecule has 0 aliphatic heterocycles. The molecule has 0 spiro atoms. The van der Waals surface area contributed by atoms with Gasteiger partial charge in [0, 0.05) is 57.9 Å². The molecule has 0 saturated heterocycles. The minimum Gasteiger partial charge on any atom is -0.507 e. The summed E-state index contributed by atoms with van der Waals surface area (Å²) in [5.74, 6) is -0.359. The van der Waals surface area contributed by atoms with E-state index in [-0.39, 0.29) is 54.0 Å². The Balaban J connectivity index is 1.44. The predicted molar refractivity (Wildman–Crippen MR) is 222 cm³/mol. The van der Waals surface area contributed by atoms with Crippen molar-refractivity contribution < 1.29 is 34.4 Å². The number of hydrogen-bond acceptors (Lipinski definition) is 9. The van der Waals surface area contributed by atoms with Crippen LogP contribution in [0.25, 0.3) is 44.1 Å². The van der Waals surface area contributed by atoms with Gasteiger partial charge in [0.05, 0.1) is 15.9 Å². The Morgan fingerprint density at radius 2 is 1.39 bits per heavy atom. The number of rotatable bonds is 10. The molecular formula is C44H45BrN4O7. The number of amides is 2. The molecule has 2 amide bonds. The summed E-state index contributed by atoms with van der Waals surface area (Å²) in [6.07, 6.45) is 1.20. The highest BCUT2D eigenvalue weighted by molar-refractivity contribution is 9.10.